The first-order chi connectivity index (χ1) is 14.0. The average molecular weight is 474 g/mol. The number of ether oxygens (including phenoxy) is 1. The molecule has 1 aliphatic rings. The van der Waals surface area contributed by atoms with E-state index < -0.39 is 0 Å². The van der Waals surface area contributed by atoms with Crippen LogP contribution in [0.15, 0.2) is 42.5 Å². The van der Waals surface area contributed by atoms with E-state index in [0.717, 1.165) is 36.3 Å². The minimum atomic E-state index is 0. The van der Waals surface area contributed by atoms with Gasteiger partial charge >= 0.3 is 0 Å². The number of hydrogen-bond donors (Lipinski definition) is 0. The van der Waals surface area contributed by atoms with E-state index in [1.54, 1.807) is 7.11 Å². The lowest BCUT2D eigenvalue weighted by atomic mass is 9.91. The van der Waals surface area contributed by atoms with Crippen molar-refractivity contribution < 1.29 is 31.0 Å². The second-order valence-corrected chi connectivity index (χ2v) is 8.63. The Morgan fingerprint density at radius 2 is 1.63 bits per heavy atom. The number of carbonyl (C=O) groups excluding carboxylic acids is 1. The average Bonchev–Trinajstić information content (AvgIpc) is 2.72. The molecule has 1 atom stereocenters. The Balaban J connectivity index is 0.00000320. The van der Waals surface area contributed by atoms with Crippen molar-refractivity contribution in [2.45, 2.75) is 65.5 Å². The molecule has 4 heteroatoms. The van der Waals surface area contributed by atoms with Gasteiger partial charge in [0.25, 0.3) is 0 Å². The second-order valence-electron chi connectivity index (χ2n) is 8.63. The number of Topliss-reactive ketones (excluding diaryl/α,β-unsaturated/α-hetero) is 1. The highest BCUT2D eigenvalue weighted by atomic mass is 79.9. The molecule has 0 aliphatic carbocycles. The van der Waals surface area contributed by atoms with Crippen molar-refractivity contribution >= 4 is 5.78 Å². The molecule has 1 heterocycles. The van der Waals surface area contributed by atoms with Crippen molar-refractivity contribution in [1.29, 1.82) is 0 Å². The first kappa shape index (κ1) is 24.6. The molecule has 0 N–H and O–H groups in total. The number of quaternary nitrogens is 1. The number of halogens is 1. The summed E-state index contributed by atoms with van der Waals surface area (Å²) < 4.78 is 6.51. The predicted octanol–water partition coefficient (Wildman–Crippen LogP) is 2.41. The van der Waals surface area contributed by atoms with Crippen molar-refractivity contribution in [3.05, 3.63) is 64.7 Å². The van der Waals surface area contributed by atoms with Crippen LogP contribution in [0.1, 0.15) is 54.9 Å². The van der Waals surface area contributed by atoms with Crippen molar-refractivity contribution in [2.24, 2.45) is 0 Å². The number of methoxy groups -OCH3 is 1. The summed E-state index contributed by atoms with van der Waals surface area (Å²) in [5.41, 5.74) is 4.88. The lowest BCUT2D eigenvalue weighted by Crippen LogP contribution is -3.00. The molecule has 0 saturated carbocycles. The summed E-state index contributed by atoms with van der Waals surface area (Å²) in [6.07, 6.45) is 5.10. The number of para-hydroxylation sites is 1. The van der Waals surface area contributed by atoms with E-state index in [-0.39, 0.29) is 23.0 Å². The highest BCUT2D eigenvalue weighted by Gasteiger charge is 2.42. The number of hydrogen-bond acceptors (Lipinski definition) is 2. The zero-order chi connectivity index (χ0) is 20.9. The van der Waals surface area contributed by atoms with E-state index in [4.69, 9.17) is 4.74 Å². The molecule has 1 saturated heterocycles. The molecular weight excluding hydrogens is 438 g/mol. The minimum Gasteiger partial charge on any atom is -1.00 e. The molecule has 0 bridgehead atoms. The van der Waals surface area contributed by atoms with Crippen molar-refractivity contribution in [2.75, 3.05) is 20.2 Å². The fraction of sp³-hybridized carbons (Fsp3) is 0.500. The second kappa shape index (κ2) is 11.1. The standard InChI is InChI=1S/C26H36NO2.BrH/c1-5-24(25(28)18-23-20(2)12-11-13-21(23)3)27(16-9-6-10-17-27)19-22-14-7-8-15-26(22)29-4;/h7-8,11-15,24H,5-6,9-10,16-19H2,1-4H3;1H/q+1;/p-1. The smallest absolute Gasteiger partial charge is 0.194 e. The number of likely N-dealkylation sites (tertiary alicyclic amines) is 1. The summed E-state index contributed by atoms with van der Waals surface area (Å²) in [6.45, 7) is 9.46. The van der Waals surface area contributed by atoms with Crippen molar-refractivity contribution in [3.8, 4) is 5.75 Å². The molecule has 30 heavy (non-hydrogen) atoms. The number of carbonyl (C=O) groups is 1. The topological polar surface area (TPSA) is 26.3 Å². The van der Waals surface area contributed by atoms with Crippen molar-refractivity contribution in [3.63, 3.8) is 0 Å². The first-order valence-electron chi connectivity index (χ1n) is 11.1. The third-order valence-corrected chi connectivity index (χ3v) is 6.80. The van der Waals surface area contributed by atoms with Crippen LogP contribution in [-0.4, -0.2) is 36.5 Å². The Kier molecular flexibility index (Phi) is 9.11. The maximum absolute atomic E-state index is 13.7. The highest BCUT2D eigenvalue weighted by molar-refractivity contribution is 5.85. The fourth-order valence-corrected chi connectivity index (χ4v) is 5.24. The van der Waals surface area contributed by atoms with Gasteiger partial charge in [0.1, 0.15) is 18.3 Å². The van der Waals surface area contributed by atoms with Crippen LogP contribution in [0.5, 0.6) is 5.75 Å². The van der Waals surface area contributed by atoms with Crippen molar-refractivity contribution in [1.82, 2.24) is 0 Å². The van der Waals surface area contributed by atoms with Crippen LogP contribution in [0.3, 0.4) is 0 Å². The molecule has 2 aromatic rings. The zero-order valence-electron chi connectivity index (χ0n) is 18.9. The Bertz CT molecular complexity index is 822. The summed E-state index contributed by atoms with van der Waals surface area (Å²) in [6, 6.07) is 14.7. The van der Waals surface area contributed by atoms with Crippen LogP contribution in [0.2, 0.25) is 0 Å². The van der Waals surface area contributed by atoms with Gasteiger partial charge in [-0.2, -0.15) is 0 Å². The molecule has 1 aliphatic heterocycles. The van der Waals surface area contributed by atoms with E-state index in [1.807, 2.05) is 12.1 Å². The summed E-state index contributed by atoms with van der Waals surface area (Å²) in [7, 11) is 1.74. The summed E-state index contributed by atoms with van der Waals surface area (Å²) in [5.74, 6) is 1.33. The Morgan fingerprint density at radius 3 is 2.23 bits per heavy atom. The number of ketones is 1. The van der Waals surface area contributed by atoms with Crippen LogP contribution in [0.25, 0.3) is 0 Å². The zero-order valence-corrected chi connectivity index (χ0v) is 20.5. The van der Waals surface area contributed by atoms with Gasteiger partial charge in [-0.05, 0) is 61.9 Å². The first-order valence-corrected chi connectivity index (χ1v) is 11.1. The molecule has 1 unspecified atom stereocenters. The molecule has 2 aromatic carbocycles. The molecule has 3 rings (SSSR count). The van der Waals surface area contributed by atoms with Gasteiger partial charge in [-0.1, -0.05) is 37.3 Å². The van der Waals surface area contributed by atoms with Crippen LogP contribution in [0, 0.1) is 13.8 Å². The van der Waals surface area contributed by atoms with E-state index in [9.17, 15) is 4.79 Å². The lowest BCUT2D eigenvalue weighted by molar-refractivity contribution is -0.959. The van der Waals surface area contributed by atoms with Gasteiger partial charge in [0.15, 0.2) is 5.78 Å². The third-order valence-electron chi connectivity index (χ3n) is 6.80. The maximum Gasteiger partial charge on any atom is 0.194 e. The predicted molar refractivity (Wildman–Crippen MR) is 119 cm³/mol. The third kappa shape index (κ3) is 5.33. The molecule has 3 nitrogen and oxygen atoms in total. The van der Waals surface area contributed by atoms with Gasteiger partial charge in [0.2, 0.25) is 0 Å². The maximum atomic E-state index is 13.7. The molecule has 0 amide bonds. The number of nitrogens with zero attached hydrogens (tertiary/aromatic N) is 1. The molecule has 0 radical (unpaired) electrons. The van der Waals surface area contributed by atoms with Gasteiger partial charge in [-0.3, -0.25) is 4.79 Å². The van der Waals surface area contributed by atoms with Gasteiger partial charge in [0, 0.05) is 18.4 Å². The number of rotatable bonds is 8. The van der Waals surface area contributed by atoms with Gasteiger partial charge < -0.3 is 26.2 Å². The van der Waals surface area contributed by atoms with Crippen LogP contribution in [0.4, 0.5) is 0 Å². The summed E-state index contributed by atoms with van der Waals surface area (Å²) in [5, 5.41) is 0. The molecule has 1 fully saturated rings. The monoisotopic (exact) mass is 473 g/mol. The molecular formula is C26H36BrNO2. The molecule has 0 spiro atoms. The Labute approximate surface area is 192 Å². The number of piperidine rings is 1. The van der Waals surface area contributed by atoms with Crippen LogP contribution < -0.4 is 21.7 Å². The minimum absolute atomic E-state index is 0. The summed E-state index contributed by atoms with van der Waals surface area (Å²) in [4.78, 5) is 13.7. The quantitative estimate of drug-likeness (QED) is 0.550. The largest absolute Gasteiger partial charge is 1.00 e. The Hall–Kier alpha value is -1.65. The SMILES string of the molecule is CCC(C(=O)Cc1c(C)cccc1C)[N+]1(Cc2ccccc2OC)CCCCC1.[Br-]. The van der Waals surface area contributed by atoms with E-state index in [2.05, 4.69) is 51.1 Å². The molecule has 164 valence electrons. The number of aryl methyl sites for hydroxylation is 2. The number of benzene rings is 2. The van der Waals surface area contributed by atoms with Gasteiger partial charge in [0.05, 0.1) is 20.2 Å². The van der Waals surface area contributed by atoms with Gasteiger partial charge in [-0.15, -0.1) is 0 Å². The summed E-state index contributed by atoms with van der Waals surface area (Å²) >= 11 is 0. The van der Waals surface area contributed by atoms with E-state index in [0.29, 0.717) is 12.2 Å². The highest BCUT2D eigenvalue weighted by Crippen LogP contribution is 2.32. The van der Waals surface area contributed by atoms with Crippen LogP contribution >= 0.6 is 0 Å². The fourth-order valence-electron chi connectivity index (χ4n) is 5.24. The normalized spacial score (nSPS) is 16.4. The molecule has 0 aromatic heterocycles. The Morgan fingerprint density at radius 1 is 1.00 bits per heavy atom. The van der Waals surface area contributed by atoms with Crippen LogP contribution in [-0.2, 0) is 17.8 Å². The van der Waals surface area contributed by atoms with Gasteiger partial charge in [-0.25, -0.2) is 0 Å². The van der Waals surface area contributed by atoms with E-state index in [1.165, 1.54) is 41.5 Å². The van der Waals surface area contributed by atoms with E-state index >= 15 is 0 Å². The lowest BCUT2D eigenvalue weighted by Gasteiger charge is -2.46.